The molecular formula is C13H11BrClN3O2. The Morgan fingerprint density at radius 2 is 2.10 bits per heavy atom. The SMILES string of the molecule is COc1ccccc1NC(=O)Nc1cnc(Br)c(Cl)c1. The van der Waals surface area contributed by atoms with Crippen molar-refractivity contribution in [3.8, 4) is 5.75 Å². The number of rotatable bonds is 3. The molecule has 0 aliphatic rings. The van der Waals surface area contributed by atoms with Crippen LogP contribution in [-0.4, -0.2) is 18.1 Å². The average Bonchev–Trinajstić information content (AvgIpc) is 2.43. The minimum absolute atomic E-state index is 0.408. The molecule has 1 aromatic heterocycles. The first-order valence-corrected chi connectivity index (χ1v) is 6.79. The van der Waals surface area contributed by atoms with E-state index in [-0.39, 0.29) is 0 Å². The van der Waals surface area contributed by atoms with Crippen LogP contribution in [0.4, 0.5) is 16.2 Å². The number of nitrogens with one attached hydrogen (secondary N) is 2. The number of urea groups is 1. The topological polar surface area (TPSA) is 63.2 Å². The number of ether oxygens (including phenoxy) is 1. The quantitative estimate of drug-likeness (QED) is 0.812. The lowest BCUT2D eigenvalue weighted by Crippen LogP contribution is -2.19. The van der Waals surface area contributed by atoms with Crippen molar-refractivity contribution in [3.63, 3.8) is 0 Å². The molecule has 2 aromatic rings. The van der Waals surface area contributed by atoms with Crippen molar-refractivity contribution in [3.05, 3.63) is 46.2 Å². The average molecular weight is 357 g/mol. The molecule has 0 atom stereocenters. The Morgan fingerprint density at radius 3 is 2.80 bits per heavy atom. The van der Waals surface area contributed by atoms with E-state index in [0.29, 0.717) is 26.8 Å². The molecule has 0 aliphatic heterocycles. The van der Waals surface area contributed by atoms with E-state index in [0.717, 1.165) is 0 Å². The fourth-order valence-corrected chi connectivity index (χ4v) is 1.91. The summed E-state index contributed by atoms with van der Waals surface area (Å²) in [6, 6.07) is 8.31. The summed E-state index contributed by atoms with van der Waals surface area (Å²) in [6.07, 6.45) is 1.50. The first-order chi connectivity index (χ1) is 9.60. The lowest BCUT2D eigenvalue weighted by atomic mass is 10.3. The fourth-order valence-electron chi connectivity index (χ4n) is 1.52. The Morgan fingerprint density at radius 1 is 1.35 bits per heavy atom. The molecular weight excluding hydrogens is 346 g/mol. The lowest BCUT2D eigenvalue weighted by Gasteiger charge is -2.11. The van der Waals surface area contributed by atoms with Crippen LogP contribution in [0.3, 0.4) is 0 Å². The highest BCUT2D eigenvalue weighted by molar-refractivity contribution is 9.10. The van der Waals surface area contributed by atoms with Crippen molar-refractivity contribution < 1.29 is 9.53 Å². The van der Waals surface area contributed by atoms with Crippen LogP contribution in [0.25, 0.3) is 0 Å². The van der Waals surface area contributed by atoms with Crippen LogP contribution >= 0.6 is 27.5 Å². The van der Waals surface area contributed by atoms with E-state index < -0.39 is 6.03 Å². The Labute approximate surface area is 129 Å². The summed E-state index contributed by atoms with van der Waals surface area (Å²) in [5, 5.41) is 5.74. The highest BCUT2D eigenvalue weighted by Gasteiger charge is 2.08. The number of aromatic nitrogens is 1. The van der Waals surface area contributed by atoms with Crippen molar-refractivity contribution >= 4 is 44.9 Å². The summed E-state index contributed by atoms with van der Waals surface area (Å²) in [5.74, 6) is 0.578. The summed E-state index contributed by atoms with van der Waals surface area (Å²) < 4.78 is 5.67. The zero-order valence-electron chi connectivity index (χ0n) is 10.5. The van der Waals surface area contributed by atoms with Crippen LogP contribution in [0, 0.1) is 0 Å². The fraction of sp³-hybridized carbons (Fsp3) is 0.0769. The zero-order valence-corrected chi connectivity index (χ0v) is 12.8. The van der Waals surface area contributed by atoms with Gasteiger partial charge in [-0.15, -0.1) is 0 Å². The summed E-state index contributed by atoms with van der Waals surface area (Å²) in [6.45, 7) is 0. The number of benzene rings is 1. The van der Waals surface area contributed by atoms with Gasteiger partial charge in [0.1, 0.15) is 10.4 Å². The first-order valence-electron chi connectivity index (χ1n) is 5.62. The maximum absolute atomic E-state index is 11.9. The van der Waals surface area contributed by atoms with E-state index in [2.05, 4.69) is 31.5 Å². The number of amides is 2. The van der Waals surface area contributed by atoms with Gasteiger partial charge < -0.3 is 15.4 Å². The van der Waals surface area contributed by atoms with E-state index in [1.807, 2.05) is 6.07 Å². The van der Waals surface area contributed by atoms with E-state index >= 15 is 0 Å². The predicted octanol–water partition coefficient (Wildman–Crippen LogP) is 4.15. The normalized spacial score (nSPS) is 9.95. The first kappa shape index (κ1) is 14.6. The molecule has 0 radical (unpaired) electrons. The summed E-state index contributed by atoms with van der Waals surface area (Å²) in [4.78, 5) is 15.9. The number of methoxy groups -OCH3 is 1. The number of nitrogens with zero attached hydrogens (tertiary/aromatic N) is 1. The Hall–Kier alpha value is -1.79. The number of hydrogen-bond donors (Lipinski definition) is 2. The molecule has 0 unspecified atom stereocenters. The van der Waals surface area contributed by atoms with E-state index in [9.17, 15) is 4.79 Å². The third-order valence-corrected chi connectivity index (χ3v) is 3.56. The standard InChI is InChI=1S/C13H11BrClN3O2/c1-20-11-5-3-2-4-10(11)18-13(19)17-8-6-9(15)12(14)16-7-8/h2-7H,1H3,(H2,17,18,19). The van der Waals surface area contributed by atoms with Gasteiger partial charge in [-0.25, -0.2) is 9.78 Å². The smallest absolute Gasteiger partial charge is 0.323 e. The van der Waals surface area contributed by atoms with Gasteiger partial charge in [0.05, 0.1) is 29.7 Å². The van der Waals surface area contributed by atoms with Gasteiger partial charge in [-0.05, 0) is 34.1 Å². The van der Waals surface area contributed by atoms with Gasteiger partial charge in [0, 0.05) is 0 Å². The van der Waals surface area contributed by atoms with Crippen LogP contribution < -0.4 is 15.4 Å². The van der Waals surface area contributed by atoms with Crippen LogP contribution in [0.1, 0.15) is 0 Å². The van der Waals surface area contributed by atoms with Gasteiger partial charge in [0.15, 0.2) is 0 Å². The molecule has 0 fully saturated rings. The summed E-state index contributed by atoms with van der Waals surface area (Å²) >= 11 is 9.08. The molecule has 2 N–H and O–H groups in total. The minimum Gasteiger partial charge on any atom is -0.495 e. The Balaban J connectivity index is 2.07. The molecule has 5 nitrogen and oxygen atoms in total. The van der Waals surface area contributed by atoms with Gasteiger partial charge in [-0.2, -0.15) is 0 Å². The van der Waals surface area contributed by atoms with Crippen LogP contribution in [0.5, 0.6) is 5.75 Å². The second-order valence-electron chi connectivity index (χ2n) is 3.78. The largest absolute Gasteiger partial charge is 0.495 e. The molecule has 2 amide bonds. The van der Waals surface area contributed by atoms with Crippen molar-refractivity contribution in [2.75, 3.05) is 17.7 Å². The maximum Gasteiger partial charge on any atom is 0.323 e. The molecule has 7 heteroatoms. The molecule has 0 saturated heterocycles. The van der Waals surface area contributed by atoms with Crippen LogP contribution in [0.2, 0.25) is 5.02 Å². The molecule has 104 valence electrons. The molecule has 0 bridgehead atoms. The van der Waals surface area contributed by atoms with Crippen molar-refractivity contribution in [1.29, 1.82) is 0 Å². The van der Waals surface area contributed by atoms with Crippen LogP contribution in [0.15, 0.2) is 41.1 Å². The maximum atomic E-state index is 11.9. The van der Waals surface area contributed by atoms with Gasteiger partial charge in [-0.1, -0.05) is 23.7 Å². The minimum atomic E-state index is -0.408. The molecule has 0 aliphatic carbocycles. The molecule has 2 rings (SSSR count). The number of pyridine rings is 1. The van der Waals surface area contributed by atoms with Gasteiger partial charge in [0.2, 0.25) is 0 Å². The highest BCUT2D eigenvalue weighted by Crippen LogP contribution is 2.24. The predicted molar refractivity (Wildman–Crippen MR) is 82.6 cm³/mol. The monoisotopic (exact) mass is 355 g/mol. The van der Waals surface area contributed by atoms with Gasteiger partial charge in [-0.3, -0.25) is 0 Å². The number of carbonyl (C=O) groups is 1. The number of anilines is 2. The number of halogens is 2. The van der Waals surface area contributed by atoms with E-state index in [1.54, 1.807) is 24.3 Å². The van der Waals surface area contributed by atoms with Gasteiger partial charge >= 0.3 is 6.03 Å². The molecule has 20 heavy (non-hydrogen) atoms. The second-order valence-corrected chi connectivity index (χ2v) is 4.93. The number of carbonyl (C=O) groups excluding carboxylic acids is 1. The summed E-state index contributed by atoms with van der Waals surface area (Å²) in [5.41, 5.74) is 1.06. The Bertz CT molecular complexity index is 637. The molecule has 0 spiro atoms. The third-order valence-electron chi connectivity index (χ3n) is 2.41. The zero-order chi connectivity index (χ0) is 14.5. The third kappa shape index (κ3) is 3.61. The lowest BCUT2D eigenvalue weighted by molar-refractivity contribution is 0.262. The number of hydrogen-bond acceptors (Lipinski definition) is 3. The van der Waals surface area contributed by atoms with Crippen molar-refractivity contribution in [2.24, 2.45) is 0 Å². The Kier molecular flexibility index (Phi) is 4.81. The van der Waals surface area contributed by atoms with E-state index in [1.165, 1.54) is 13.3 Å². The van der Waals surface area contributed by atoms with Crippen molar-refractivity contribution in [1.82, 2.24) is 4.98 Å². The van der Waals surface area contributed by atoms with Crippen LogP contribution in [-0.2, 0) is 0 Å². The second kappa shape index (κ2) is 6.58. The van der Waals surface area contributed by atoms with Crippen molar-refractivity contribution in [2.45, 2.75) is 0 Å². The molecule has 1 aromatic carbocycles. The van der Waals surface area contributed by atoms with Gasteiger partial charge in [0.25, 0.3) is 0 Å². The molecule has 0 saturated carbocycles. The highest BCUT2D eigenvalue weighted by atomic mass is 79.9. The van der Waals surface area contributed by atoms with E-state index in [4.69, 9.17) is 16.3 Å². The molecule has 1 heterocycles. The number of para-hydroxylation sites is 2. The summed E-state index contributed by atoms with van der Waals surface area (Å²) in [7, 11) is 1.54.